The Morgan fingerprint density at radius 2 is 0.470 bits per heavy atom. The van der Waals surface area contributed by atoms with Crippen LogP contribution in [0.5, 0.6) is 0 Å². The number of carbonyl (C=O) groups excluding carboxylic acids is 4. The van der Waals surface area contributed by atoms with Crippen molar-refractivity contribution in [2.24, 2.45) is 0 Å². The van der Waals surface area contributed by atoms with Crippen LogP contribution in [0, 0.1) is 49.4 Å². The Labute approximate surface area is 410 Å². The van der Waals surface area contributed by atoms with Gasteiger partial charge in [-0.2, -0.15) is 52.7 Å². The molecule has 0 aliphatic rings. The van der Waals surface area contributed by atoms with E-state index >= 15 is 0 Å². The van der Waals surface area contributed by atoms with E-state index in [1.165, 1.54) is 97.1 Å². The van der Waals surface area contributed by atoms with Crippen LogP contribution in [-0.2, 0) is 19.2 Å². The van der Waals surface area contributed by atoms with Crippen molar-refractivity contribution in [1.82, 2.24) is 0 Å². The molecule has 22 heteroatoms. The van der Waals surface area contributed by atoms with Crippen LogP contribution < -0.4 is 20.4 Å². The molecule has 0 heterocycles. The van der Waals surface area contributed by atoms with Crippen LogP contribution in [-0.4, -0.2) is 80.5 Å². The summed E-state index contributed by atoms with van der Waals surface area (Å²) < 4.78 is 143. The average Bonchev–Trinajstić information content (AvgIpc) is 3.20. The van der Waals surface area contributed by atoms with Crippen molar-refractivity contribution in [2.45, 2.75) is 24.7 Å². The van der Waals surface area contributed by atoms with Gasteiger partial charge in [-0.25, -0.2) is 0 Å². The second kappa shape index (κ2) is 28.5. The van der Waals surface area contributed by atoms with Gasteiger partial charge in [0, 0.05) is 0 Å². The number of ketones is 4. The molecule has 0 aromatic heterocycles. The monoisotopic (exact) mass is 1090 g/mol. The first-order valence-corrected chi connectivity index (χ1v) is 17.6. The minimum Gasteiger partial charge on any atom is -0.872 e. The molecule has 4 rings (SSSR count). The molecule has 4 aromatic carbocycles. The summed E-state index contributed by atoms with van der Waals surface area (Å²) in [5.74, 6) is -12.4. The number of carbonyl (C=O) groups is 4. The third-order valence-electron chi connectivity index (χ3n) is 6.40. The van der Waals surface area contributed by atoms with Crippen molar-refractivity contribution >= 4 is 46.2 Å². The molecule has 0 aliphatic carbocycles. The number of benzene rings is 4. The molecule has 356 valence electrons. The first kappa shape index (κ1) is 62.5. The fourth-order valence-corrected chi connectivity index (χ4v) is 3.55. The molecule has 0 atom stereocenters. The molecule has 9 nitrogen and oxygen atoms in total. The first-order chi connectivity index (χ1) is 29.6. The van der Waals surface area contributed by atoms with E-state index in [4.69, 9.17) is 0 Å². The summed E-state index contributed by atoms with van der Waals surface area (Å²) >= 11 is 0. The maximum atomic E-state index is 11.8. The van der Waals surface area contributed by atoms with E-state index in [0.717, 1.165) is 4.48 Å². The molecular weight excluding hydrogens is 1050 g/mol. The quantitative estimate of drug-likeness (QED) is 0.0849. The van der Waals surface area contributed by atoms with Gasteiger partial charge in [-0.1, -0.05) is 144 Å². The number of quaternary nitrogens is 1. The standard InChI is InChI=1S/4C10H7F3O2.C4H12N.Eu/c4*11-10(12,13)9(15)6-8(14)7-4-2-1-3-5-7;1-5(2,3)4;/h4*1-6,14H;1-4H3;/q;;;;+1;+3/p-4/b4*8-6+;;. The van der Waals surface area contributed by atoms with Gasteiger partial charge in [0.1, 0.15) is 0 Å². The SMILES string of the molecule is C[N+](C)(C)C.O=C(/C=C(/[O-])c1ccccc1)C(F)(F)F.O=C(/C=C(/[O-])c1ccccc1)C(F)(F)F.O=C(/C=C(/[O-])c1ccccc1)C(F)(F)F.O=C(/C=C(/[O-])c1ccccc1)C(F)(F)F.[Eu+3]. The van der Waals surface area contributed by atoms with E-state index in [-0.39, 0.29) is 95.9 Å². The fourth-order valence-electron chi connectivity index (χ4n) is 3.55. The molecule has 0 saturated carbocycles. The van der Waals surface area contributed by atoms with Crippen molar-refractivity contribution in [3.63, 3.8) is 0 Å². The molecule has 0 N–H and O–H groups in total. The third kappa shape index (κ3) is 28.4. The molecule has 0 spiro atoms. The third-order valence-corrected chi connectivity index (χ3v) is 6.40. The minimum atomic E-state index is -5.00. The summed E-state index contributed by atoms with van der Waals surface area (Å²) in [7, 11) is 8.50. The number of halogens is 12. The maximum absolute atomic E-state index is 11.8. The summed E-state index contributed by atoms with van der Waals surface area (Å²) in [5, 5.41) is 44.5. The van der Waals surface area contributed by atoms with Crippen LogP contribution in [0.1, 0.15) is 22.3 Å². The van der Waals surface area contributed by atoms with Crippen LogP contribution >= 0.6 is 0 Å². The van der Waals surface area contributed by atoms with Crippen molar-refractivity contribution < 1.29 is 146 Å². The Morgan fingerprint density at radius 1 is 0.348 bits per heavy atom. The Bertz CT molecular complexity index is 1930. The van der Waals surface area contributed by atoms with E-state index in [1.54, 1.807) is 24.3 Å². The number of hydrogen-bond donors (Lipinski definition) is 0. The van der Waals surface area contributed by atoms with Crippen LogP contribution in [0.3, 0.4) is 0 Å². The van der Waals surface area contributed by atoms with Gasteiger partial charge in [0.25, 0.3) is 23.1 Å². The Balaban J connectivity index is 0. The van der Waals surface area contributed by atoms with Crippen LogP contribution in [0.2, 0.25) is 0 Å². The van der Waals surface area contributed by atoms with E-state index < -0.39 is 70.9 Å². The van der Waals surface area contributed by atoms with Gasteiger partial charge in [0.05, 0.1) is 28.2 Å². The summed E-state index contributed by atoms with van der Waals surface area (Å²) in [4.78, 5) is 41.8. The summed E-state index contributed by atoms with van der Waals surface area (Å²) in [5.41, 5.74) is 0.204. The number of rotatable bonds is 8. The molecule has 0 amide bonds. The molecule has 0 saturated heterocycles. The van der Waals surface area contributed by atoms with Crippen LogP contribution in [0.25, 0.3) is 23.0 Å². The fraction of sp³-hybridized carbons (Fsp3) is 0.182. The van der Waals surface area contributed by atoms with Crippen molar-refractivity contribution in [1.29, 1.82) is 0 Å². The molecule has 0 unspecified atom stereocenters. The predicted octanol–water partition coefficient (Wildman–Crippen LogP) is 6.40. The minimum absolute atomic E-state index is 0. The van der Waals surface area contributed by atoms with Gasteiger partial charge in [-0.3, -0.25) is 19.2 Å². The van der Waals surface area contributed by atoms with Gasteiger partial charge >= 0.3 is 74.1 Å². The topological polar surface area (TPSA) is 161 Å². The zero-order valence-corrected chi connectivity index (χ0v) is 36.9. The number of allylic oxidation sites excluding steroid dienone is 4. The molecule has 0 aliphatic heterocycles. The zero-order valence-electron chi connectivity index (χ0n) is 34.5. The maximum Gasteiger partial charge on any atom is 3.00 e. The largest absolute Gasteiger partial charge is 3.00 e. The van der Waals surface area contributed by atoms with Crippen molar-refractivity contribution in [3.05, 3.63) is 168 Å². The molecule has 4 aromatic rings. The molecule has 0 fully saturated rings. The molecule has 66 heavy (non-hydrogen) atoms. The summed E-state index contributed by atoms with van der Waals surface area (Å²) in [6.07, 6.45) is -19.8. The molecule has 0 radical (unpaired) electrons. The summed E-state index contributed by atoms with van der Waals surface area (Å²) in [6, 6.07) is 29.1. The van der Waals surface area contributed by atoms with E-state index in [2.05, 4.69) is 28.2 Å². The summed E-state index contributed by atoms with van der Waals surface area (Å²) in [6.45, 7) is 0. The van der Waals surface area contributed by atoms with E-state index in [1.807, 2.05) is 0 Å². The zero-order chi connectivity index (χ0) is 50.4. The van der Waals surface area contributed by atoms with Crippen molar-refractivity contribution in [2.75, 3.05) is 28.2 Å². The Hall–Kier alpha value is -5.58. The van der Waals surface area contributed by atoms with Gasteiger partial charge in [-0.05, 0) is 46.6 Å². The van der Waals surface area contributed by atoms with Crippen molar-refractivity contribution in [3.8, 4) is 0 Å². The second-order valence-electron chi connectivity index (χ2n) is 13.6. The van der Waals surface area contributed by atoms with Crippen LogP contribution in [0.4, 0.5) is 52.7 Å². The van der Waals surface area contributed by atoms with Gasteiger partial charge in [0.15, 0.2) is 0 Å². The predicted molar refractivity (Wildman–Crippen MR) is 206 cm³/mol. The van der Waals surface area contributed by atoms with E-state index in [0.29, 0.717) is 0 Å². The van der Waals surface area contributed by atoms with Crippen LogP contribution in [0.15, 0.2) is 146 Å². The van der Waals surface area contributed by atoms with Gasteiger partial charge in [-0.15, -0.1) is 0 Å². The average molecular weight is 1090 g/mol. The second-order valence-corrected chi connectivity index (χ2v) is 13.6. The first-order valence-electron chi connectivity index (χ1n) is 17.6. The van der Waals surface area contributed by atoms with Gasteiger partial charge in [0.2, 0.25) is 0 Å². The van der Waals surface area contributed by atoms with E-state index in [9.17, 15) is 92.3 Å². The molecular formula is C44H36EuF12NO8. The Kier molecular flexibility index (Phi) is 27.0. The normalized spacial score (nSPS) is 12.4. The van der Waals surface area contributed by atoms with Gasteiger partial charge < -0.3 is 24.9 Å². The number of nitrogens with zero attached hydrogens (tertiary/aromatic N) is 1. The molecule has 0 bridgehead atoms. The number of alkyl halides is 12. The number of hydrogen-bond acceptors (Lipinski definition) is 8. The Morgan fingerprint density at radius 3 is 0.576 bits per heavy atom. The smallest absolute Gasteiger partial charge is 0.872 e.